The predicted octanol–water partition coefficient (Wildman–Crippen LogP) is 4.18. The first-order chi connectivity index (χ1) is 12.8. The van der Waals surface area contributed by atoms with Gasteiger partial charge in [-0.25, -0.2) is 0 Å². The third-order valence-electron chi connectivity index (χ3n) is 5.01. The van der Waals surface area contributed by atoms with Crippen LogP contribution in [0, 0.1) is 11.3 Å². The van der Waals surface area contributed by atoms with Gasteiger partial charge in [-0.05, 0) is 49.2 Å². The van der Waals surface area contributed by atoms with E-state index in [1.165, 1.54) is 34.9 Å². The molecule has 2 heterocycles. The molecule has 1 N–H and O–H groups in total. The lowest BCUT2D eigenvalue weighted by molar-refractivity contribution is 0.208. The Labute approximate surface area is 154 Å². The van der Waals surface area contributed by atoms with Gasteiger partial charge < -0.3 is 5.32 Å². The van der Waals surface area contributed by atoms with Gasteiger partial charge in [0.1, 0.15) is 0 Å². The molecule has 1 saturated heterocycles. The van der Waals surface area contributed by atoms with Crippen molar-refractivity contribution in [3.63, 3.8) is 0 Å². The van der Waals surface area contributed by atoms with E-state index in [9.17, 15) is 0 Å². The Kier molecular flexibility index (Phi) is 4.81. The second kappa shape index (κ2) is 7.55. The molecule has 4 nitrogen and oxygen atoms in total. The molecule has 0 amide bonds. The fourth-order valence-electron chi connectivity index (χ4n) is 3.78. The van der Waals surface area contributed by atoms with Crippen molar-refractivity contribution in [2.24, 2.45) is 0 Å². The average molecular weight is 342 g/mol. The monoisotopic (exact) mass is 342 g/mol. The summed E-state index contributed by atoms with van der Waals surface area (Å²) in [5.74, 6) is 0. The molecule has 3 aromatic rings. The van der Waals surface area contributed by atoms with Crippen molar-refractivity contribution in [1.29, 1.82) is 5.26 Å². The molecule has 1 atom stereocenters. The van der Waals surface area contributed by atoms with Gasteiger partial charge in [-0.2, -0.15) is 5.26 Å². The summed E-state index contributed by atoms with van der Waals surface area (Å²) in [6.45, 7) is 3.01. The van der Waals surface area contributed by atoms with E-state index in [0.717, 1.165) is 25.2 Å². The zero-order chi connectivity index (χ0) is 17.8. The predicted molar refractivity (Wildman–Crippen MR) is 105 cm³/mol. The molecule has 26 heavy (non-hydrogen) atoms. The van der Waals surface area contributed by atoms with Gasteiger partial charge in [0, 0.05) is 48.0 Å². The molecule has 4 rings (SSSR count). The number of pyridine rings is 1. The molecule has 0 spiro atoms. The first kappa shape index (κ1) is 16.6. The summed E-state index contributed by atoms with van der Waals surface area (Å²) in [5.41, 5.74) is 3.13. The summed E-state index contributed by atoms with van der Waals surface area (Å²) in [6, 6.07) is 19.0. The van der Waals surface area contributed by atoms with Crippen LogP contribution in [0.25, 0.3) is 10.8 Å². The molecule has 1 aliphatic rings. The summed E-state index contributed by atoms with van der Waals surface area (Å²) < 4.78 is 0. The number of rotatable bonds is 4. The summed E-state index contributed by atoms with van der Waals surface area (Å²) in [7, 11) is 0. The molecule has 0 aliphatic carbocycles. The minimum absolute atomic E-state index is 0.432. The van der Waals surface area contributed by atoms with Crippen molar-refractivity contribution >= 4 is 16.5 Å². The maximum atomic E-state index is 9.08. The van der Waals surface area contributed by atoms with Crippen LogP contribution in [0.5, 0.6) is 0 Å². The van der Waals surface area contributed by atoms with Gasteiger partial charge in [0.15, 0.2) is 0 Å². The van der Waals surface area contributed by atoms with E-state index in [-0.39, 0.29) is 0 Å². The third-order valence-corrected chi connectivity index (χ3v) is 5.01. The Morgan fingerprint density at radius 2 is 2.12 bits per heavy atom. The SMILES string of the molecule is N#Cc1cccc(CN2CCCC(Nc3cccc4cnccc34)C2)c1. The molecule has 1 unspecified atom stereocenters. The van der Waals surface area contributed by atoms with Crippen molar-refractivity contribution in [2.75, 3.05) is 18.4 Å². The van der Waals surface area contributed by atoms with Gasteiger partial charge in [-0.3, -0.25) is 9.88 Å². The molecule has 0 saturated carbocycles. The molecule has 4 heteroatoms. The van der Waals surface area contributed by atoms with Crippen LogP contribution in [0.15, 0.2) is 60.9 Å². The Morgan fingerprint density at radius 1 is 1.19 bits per heavy atom. The number of hydrogen-bond acceptors (Lipinski definition) is 4. The Morgan fingerprint density at radius 3 is 3.04 bits per heavy atom. The lowest BCUT2D eigenvalue weighted by atomic mass is 10.0. The Hall–Kier alpha value is -2.90. The summed E-state index contributed by atoms with van der Waals surface area (Å²) in [5, 5.41) is 15.2. The van der Waals surface area contributed by atoms with Gasteiger partial charge in [-0.15, -0.1) is 0 Å². The largest absolute Gasteiger partial charge is 0.381 e. The van der Waals surface area contributed by atoms with Gasteiger partial charge in [0.2, 0.25) is 0 Å². The number of benzene rings is 2. The van der Waals surface area contributed by atoms with E-state index in [1.54, 1.807) is 0 Å². The normalized spacial score (nSPS) is 17.7. The molecule has 130 valence electrons. The number of anilines is 1. The van der Waals surface area contributed by atoms with E-state index in [1.807, 2.05) is 30.6 Å². The smallest absolute Gasteiger partial charge is 0.0991 e. The maximum Gasteiger partial charge on any atom is 0.0991 e. The third kappa shape index (κ3) is 3.68. The molecular formula is C22H22N4. The minimum Gasteiger partial charge on any atom is -0.381 e. The van der Waals surface area contributed by atoms with Crippen LogP contribution in [0.2, 0.25) is 0 Å². The summed E-state index contributed by atoms with van der Waals surface area (Å²) in [6.07, 6.45) is 6.12. The lowest BCUT2D eigenvalue weighted by Gasteiger charge is -2.34. The first-order valence-corrected chi connectivity index (χ1v) is 9.12. The highest BCUT2D eigenvalue weighted by Gasteiger charge is 2.20. The number of nitriles is 1. The molecule has 1 aliphatic heterocycles. The average Bonchev–Trinajstić information content (AvgIpc) is 2.69. The fourth-order valence-corrected chi connectivity index (χ4v) is 3.78. The highest BCUT2D eigenvalue weighted by Crippen LogP contribution is 2.25. The topological polar surface area (TPSA) is 52.0 Å². The standard InChI is InChI=1S/C22H22N4/c23-13-17-4-1-5-18(12-17)15-26-11-3-7-20(16-26)25-22-8-2-6-19-14-24-10-9-21(19)22/h1-2,4-6,8-10,12,14,20,25H,3,7,11,15-16H2. The van der Waals surface area contributed by atoms with Crippen LogP contribution >= 0.6 is 0 Å². The van der Waals surface area contributed by atoms with Gasteiger partial charge in [-0.1, -0.05) is 24.3 Å². The summed E-state index contributed by atoms with van der Waals surface area (Å²) in [4.78, 5) is 6.69. The molecule has 1 fully saturated rings. The van der Waals surface area contributed by atoms with Crippen molar-refractivity contribution < 1.29 is 0 Å². The van der Waals surface area contributed by atoms with E-state index >= 15 is 0 Å². The van der Waals surface area contributed by atoms with E-state index in [0.29, 0.717) is 6.04 Å². The summed E-state index contributed by atoms with van der Waals surface area (Å²) >= 11 is 0. The van der Waals surface area contributed by atoms with Crippen LogP contribution in [0.3, 0.4) is 0 Å². The minimum atomic E-state index is 0.432. The Bertz CT molecular complexity index is 939. The molecule has 0 radical (unpaired) electrons. The van der Waals surface area contributed by atoms with Crippen LogP contribution in [0.1, 0.15) is 24.0 Å². The number of fused-ring (bicyclic) bond motifs is 1. The molecule has 1 aromatic heterocycles. The maximum absolute atomic E-state index is 9.08. The second-order valence-corrected chi connectivity index (χ2v) is 6.93. The van der Waals surface area contributed by atoms with Crippen molar-refractivity contribution in [2.45, 2.75) is 25.4 Å². The fraction of sp³-hybridized carbons (Fsp3) is 0.273. The number of nitrogens with one attached hydrogen (secondary N) is 1. The van der Waals surface area contributed by atoms with Crippen LogP contribution in [-0.2, 0) is 6.54 Å². The second-order valence-electron chi connectivity index (χ2n) is 6.93. The highest BCUT2D eigenvalue weighted by atomic mass is 15.2. The van der Waals surface area contributed by atoms with Crippen LogP contribution in [0.4, 0.5) is 5.69 Å². The molecular weight excluding hydrogens is 320 g/mol. The number of piperidine rings is 1. The van der Waals surface area contributed by atoms with Gasteiger partial charge in [0.25, 0.3) is 0 Å². The number of hydrogen-bond donors (Lipinski definition) is 1. The van der Waals surface area contributed by atoms with Crippen molar-refractivity contribution in [1.82, 2.24) is 9.88 Å². The quantitative estimate of drug-likeness (QED) is 0.773. The zero-order valence-corrected chi connectivity index (χ0v) is 14.7. The van der Waals surface area contributed by atoms with E-state index < -0.39 is 0 Å². The molecule has 0 bridgehead atoms. The number of likely N-dealkylation sites (tertiary alicyclic amines) is 1. The van der Waals surface area contributed by atoms with E-state index in [4.69, 9.17) is 5.26 Å². The Balaban J connectivity index is 1.46. The highest BCUT2D eigenvalue weighted by molar-refractivity contribution is 5.93. The zero-order valence-electron chi connectivity index (χ0n) is 14.7. The van der Waals surface area contributed by atoms with Gasteiger partial charge in [0.05, 0.1) is 11.6 Å². The molecule has 2 aromatic carbocycles. The first-order valence-electron chi connectivity index (χ1n) is 9.12. The van der Waals surface area contributed by atoms with Crippen molar-refractivity contribution in [3.05, 3.63) is 72.1 Å². The van der Waals surface area contributed by atoms with Gasteiger partial charge >= 0.3 is 0 Å². The number of aromatic nitrogens is 1. The van der Waals surface area contributed by atoms with Crippen LogP contribution < -0.4 is 5.32 Å². The van der Waals surface area contributed by atoms with Crippen molar-refractivity contribution in [3.8, 4) is 6.07 Å². The number of nitrogens with zero attached hydrogens (tertiary/aromatic N) is 3. The van der Waals surface area contributed by atoms with Crippen LogP contribution in [-0.4, -0.2) is 29.0 Å². The van der Waals surface area contributed by atoms with E-state index in [2.05, 4.69) is 51.6 Å². The lowest BCUT2D eigenvalue weighted by Crippen LogP contribution is -2.41.